The zero-order chi connectivity index (χ0) is 20.4. The standard InChI is InChI=1S/C19H16N8O2/c1-11-16(12-3-2-4-13(9-12)18(20)28)17(24-23-11)19(29)22-14-5-7-15(8-6-14)27-10-21-25-26-27/h2-10H,1H3,(H2,20,28)(H,22,29)(H,23,24). The van der Waals surface area contributed by atoms with Gasteiger partial charge in [-0.1, -0.05) is 12.1 Å². The second-order valence-corrected chi connectivity index (χ2v) is 6.26. The fourth-order valence-corrected chi connectivity index (χ4v) is 2.95. The zero-order valence-electron chi connectivity index (χ0n) is 15.3. The maximum Gasteiger partial charge on any atom is 0.274 e. The van der Waals surface area contributed by atoms with Crippen LogP contribution in [0.4, 0.5) is 5.69 Å². The molecule has 0 fully saturated rings. The molecule has 0 radical (unpaired) electrons. The summed E-state index contributed by atoms with van der Waals surface area (Å²) in [5.74, 6) is -0.901. The SMILES string of the molecule is Cc1n[nH]c(C(=O)Nc2ccc(-n3cnnn3)cc2)c1-c1cccc(C(N)=O)c1. The van der Waals surface area contributed by atoms with Gasteiger partial charge in [-0.25, -0.2) is 4.68 Å². The molecule has 10 heteroatoms. The summed E-state index contributed by atoms with van der Waals surface area (Å²) >= 11 is 0. The van der Waals surface area contributed by atoms with Crippen molar-refractivity contribution in [3.05, 3.63) is 71.8 Å². The smallest absolute Gasteiger partial charge is 0.274 e. The zero-order valence-corrected chi connectivity index (χ0v) is 15.3. The Morgan fingerprint density at radius 3 is 2.62 bits per heavy atom. The van der Waals surface area contributed by atoms with Crippen molar-refractivity contribution in [3.8, 4) is 16.8 Å². The maximum atomic E-state index is 12.8. The van der Waals surface area contributed by atoms with Crippen LogP contribution in [0.2, 0.25) is 0 Å². The molecule has 0 atom stereocenters. The normalized spacial score (nSPS) is 10.7. The van der Waals surface area contributed by atoms with E-state index in [2.05, 4.69) is 31.0 Å². The summed E-state index contributed by atoms with van der Waals surface area (Å²) in [5, 5.41) is 20.7. The van der Waals surface area contributed by atoms with Crippen LogP contribution in [-0.4, -0.2) is 42.2 Å². The van der Waals surface area contributed by atoms with E-state index in [1.165, 1.54) is 11.0 Å². The van der Waals surface area contributed by atoms with Gasteiger partial charge in [-0.3, -0.25) is 14.7 Å². The molecule has 29 heavy (non-hydrogen) atoms. The van der Waals surface area contributed by atoms with Crippen LogP contribution in [0.15, 0.2) is 54.9 Å². The van der Waals surface area contributed by atoms with Crippen LogP contribution in [0.3, 0.4) is 0 Å². The van der Waals surface area contributed by atoms with Crippen molar-refractivity contribution in [1.82, 2.24) is 30.4 Å². The molecule has 2 aromatic heterocycles. The number of benzene rings is 2. The number of carbonyl (C=O) groups excluding carboxylic acids is 2. The second-order valence-electron chi connectivity index (χ2n) is 6.26. The summed E-state index contributed by atoms with van der Waals surface area (Å²) in [6, 6.07) is 13.8. The molecular weight excluding hydrogens is 372 g/mol. The van der Waals surface area contributed by atoms with Crippen LogP contribution >= 0.6 is 0 Å². The molecule has 0 aliphatic rings. The highest BCUT2D eigenvalue weighted by atomic mass is 16.2. The fraction of sp³-hybridized carbons (Fsp3) is 0.0526. The Bertz CT molecular complexity index is 1180. The summed E-state index contributed by atoms with van der Waals surface area (Å²) in [7, 11) is 0. The molecule has 0 unspecified atom stereocenters. The molecule has 10 nitrogen and oxygen atoms in total. The molecule has 2 amide bonds. The van der Waals surface area contributed by atoms with Crippen LogP contribution in [0.25, 0.3) is 16.8 Å². The third-order valence-corrected chi connectivity index (χ3v) is 4.35. The number of primary amides is 1. The van der Waals surface area contributed by atoms with Gasteiger partial charge in [-0.05, 0) is 59.3 Å². The van der Waals surface area contributed by atoms with Gasteiger partial charge >= 0.3 is 0 Å². The number of tetrazole rings is 1. The molecule has 4 rings (SSSR count). The van der Waals surface area contributed by atoms with Gasteiger partial charge in [0.05, 0.1) is 11.4 Å². The second kappa shape index (κ2) is 7.35. The van der Waals surface area contributed by atoms with E-state index in [0.29, 0.717) is 28.1 Å². The van der Waals surface area contributed by atoms with Gasteiger partial charge in [-0.2, -0.15) is 5.10 Å². The molecule has 144 valence electrons. The van der Waals surface area contributed by atoms with E-state index < -0.39 is 5.91 Å². The number of aryl methyl sites for hydroxylation is 1. The Morgan fingerprint density at radius 2 is 1.93 bits per heavy atom. The van der Waals surface area contributed by atoms with E-state index in [-0.39, 0.29) is 11.6 Å². The van der Waals surface area contributed by atoms with Crippen LogP contribution in [-0.2, 0) is 0 Å². The number of nitrogens with zero attached hydrogens (tertiary/aromatic N) is 5. The van der Waals surface area contributed by atoms with Crippen molar-refractivity contribution in [2.24, 2.45) is 5.73 Å². The quantitative estimate of drug-likeness (QED) is 0.475. The lowest BCUT2D eigenvalue weighted by molar-refractivity contribution is 0.0997. The molecule has 0 spiro atoms. The highest BCUT2D eigenvalue weighted by molar-refractivity contribution is 6.08. The number of rotatable bonds is 5. The lowest BCUT2D eigenvalue weighted by Crippen LogP contribution is -2.14. The first-order valence-corrected chi connectivity index (χ1v) is 8.63. The predicted molar refractivity (Wildman–Crippen MR) is 104 cm³/mol. The van der Waals surface area contributed by atoms with Gasteiger partial charge in [0.1, 0.15) is 12.0 Å². The molecule has 4 aromatic rings. The van der Waals surface area contributed by atoms with Crippen LogP contribution in [0.1, 0.15) is 26.5 Å². The number of H-pyrrole nitrogens is 1. The number of aromatic nitrogens is 6. The minimum atomic E-state index is -0.540. The number of anilines is 1. The molecule has 0 aliphatic heterocycles. The number of hydrogen-bond donors (Lipinski definition) is 3. The number of hydrogen-bond acceptors (Lipinski definition) is 6. The van der Waals surface area contributed by atoms with E-state index in [1.54, 1.807) is 55.5 Å². The van der Waals surface area contributed by atoms with E-state index in [0.717, 1.165) is 5.69 Å². The Hall–Kier alpha value is -4.34. The molecule has 2 aromatic carbocycles. The molecule has 2 heterocycles. The van der Waals surface area contributed by atoms with Crippen molar-refractivity contribution < 1.29 is 9.59 Å². The largest absolute Gasteiger partial charge is 0.366 e. The summed E-state index contributed by atoms with van der Waals surface area (Å²) < 4.78 is 1.51. The molecule has 0 bridgehead atoms. The molecule has 0 saturated heterocycles. The molecule has 0 aliphatic carbocycles. The van der Waals surface area contributed by atoms with Crippen molar-refractivity contribution in [2.45, 2.75) is 6.92 Å². The average Bonchev–Trinajstić information content (AvgIpc) is 3.38. The minimum absolute atomic E-state index is 0.286. The number of amides is 2. The highest BCUT2D eigenvalue weighted by Gasteiger charge is 2.19. The van der Waals surface area contributed by atoms with Crippen LogP contribution in [0, 0.1) is 6.92 Å². The number of nitrogens with two attached hydrogens (primary N) is 1. The number of nitrogens with one attached hydrogen (secondary N) is 2. The summed E-state index contributed by atoms with van der Waals surface area (Å²) in [6.07, 6.45) is 1.48. The summed E-state index contributed by atoms with van der Waals surface area (Å²) in [6.45, 7) is 1.78. The first kappa shape index (κ1) is 18.0. The Labute approximate surface area is 164 Å². The summed E-state index contributed by atoms with van der Waals surface area (Å²) in [5.41, 5.74) is 9.27. The summed E-state index contributed by atoms with van der Waals surface area (Å²) in [4.78, 5) is 24.3. The Morgan fingerprint density at radius 1 is 1.14 bits per heavy atom. The van der Waals surface area contributed by atoms with Crippen molar-refractivity contribution in [3.63, 3.8) is 0 Å². The van der Waals surface area contributed by atoms with Gasteiger partial charge in [0.25, 0.3) is 5.91 Å². The number of carbonyl (C=O) groups is 2. The van der Waals surface area contributed by atoms with E-state index >= 15 is 0 Å². The van der Waals surface area contributed by atoms with Crippen molar-refractivity contribution >= 4 is 17.5 Å². The highest BCUT2D eigenvalue weighted by Crippen LogP contribution is 2.27. The van der Waals surface area contributed by atoms with Crippen molar-refractivity contribution in [2.75, 3.05) is 5.32 Å². The van der Waals surface area contributed by atoms with Gasteiger partial charge < -0.3 is 11.1 Å². The third-order valence-electron chi connectivity index (χ3n) is 4.35. The van der Waals surface area contributed by atoms with E-state index in [1.807, 2.05) is 0 Å². The first-order valence-electron chi connectivity index (χ1n) is 8.63. The number of aromatic amines is 1. The average molecular weight is 388 g/mol. The van der Waals surface area contributed by atoms with E-state index in [4.69, 9.17) is 5.73 Å². The first-order chi connectivity index (χ1) is 14.0. The Balaban J connectivity index is 1.60. The Kier molecular flexibility index (Phi) is 4.57. The van der Waals surface area contributed by atoms with Gasteiger partial charge in [0, 0.05) is 16.8 Å². The lowest BCUT2D eigenvalue weighted by Gasteiger charge is -2.08. The third kappa shape index (κ3) is 3.58. The van der Waals surface area contributed by atoms with Gasteiger partial charge in [0.2, 0.25) is 5.91 Å². The predicted octanol–water partition coefficient (Wildman–Crippen LogP) is 1.71. The van der Waals surface area contributed by atoms with Crippen LogP contribution in [0.5, 0.6) is 0 Å². The van der Waals surface area contributed by atoms with Crippen LogP contribution < -0.4 is 11.1 Å². The van der Waals surface area contributed by atoms with Crippen molar-refractivity contribution in [1.29, 1.82) is 0 Å². The molecular formula is C19H16N8O2. The maximum absolute atomic E-state index is 12.8. The topological polar surface area (TPSA) is 144 Å². The van der Waals surface area contributed by atoms with Gasteiger partial charge in [-0.15, -0.1) is 5.10 Å². The fourth-order valence-electron chi connectivity index (χ4n) is 2.95. The molecule has 4 N–H and O–H groups in total. The van der Waals surface area contributed by atoms with Gasteiger partial charge in [0.15, 0.2) is 0 Å². The van der Waals surface area contributed by atoms with E-state index in [9.17, 15) is 9.59 Å². The molecule has 0 saturated carbocycles. The minimum Gasteiger partial charge on any atom is -0.366 e. The monoisotopic (exact) mass is 388 g/mol. The lowest BCUT2D eigenvalue weighted by atomic mass is 10.0.